The third-order valence-electron chi connectivity index (χ3n) is 4.55. The van der Waals surface area contributed by atoms with Gasteiger partial charge in [0.05, 0.1) is 6.61 Å². The Morgan fingerprint density at radius 1 is 1.30 bits per heavy atom. The van der Waals surface area contributed by atoms with E-state index in [1.165, 1.54) is 0 Å². The predicted molar refractivity (Wildman–Crippen MR) is 69.5 cm³/mol. The van der Waals surface area contributed by atoms with Gasteiger partial charge in [-0.3, -0.25) is 4.79 Å². The molecule has 0 radical (unpaired) electrons. The highest BCUT2D eigenvalue weighted by atomic mass is 19.3. The van der Waals surface area contributed by atoms with Crippen LogP contribution < -0.4 is 5.32 Å². The Morgan fingerprint density at radius 3 is 2.55 bits per heavy atom. The first kappa shape index (κ1) is 15.6. The van der Waals surface area contributed by atoms with Gasteiger partial charge in [-0.2, -0.15) is 0 Å². The minimum absolute atomic E-state index is 0.0644. The maximum absolute atomic E-state index is 13.1. The summed E-state index contributed by atoms with van der Waals surface area (Å²) in [6.07, 6.45) is 1.52. The number of amides is 1. The average molecular weight is 291 g/mol. The van der Waals surface area contributed by atoms with Gasteiger partial charge in [-0.15, -0.1) is 0 Å². The van der Waals surface area contributed by atoms with Gasteiger partial charge in [-0.1, -0.05) is 0 Å². The number of ether oxygens (including phenoxy) is 1. The van der Waals surface area contributed by atoms with Crippen LogP contribution in [0.4, 0.5) is 8.78 Å². The number of hydrogen-bond acceptors (Lipinski definition) is 3. The summed E-state index contributed by atoms with van der Waals surface area (Å²) >= 11 is 0. The van der Waals surface area contributed by atoms with Gasteiger partial charge in [0.1, 0.15) is 0 Å². The molecule has 2 N–H and O–H groups in total. The van der Waals surface area contributed by atoms with Gasteiger partial charge in [0.2, 0.25) is 11.8 Å². The number of carbonyl (C=O) groups excluding carboxylic acids is 1. The number of rotatable bonds is 5. The van der Waals surface area contributed by atoms with Gasteiger partial charge >= 0.3 is 0 Å². The molecular formula is C14H23F2NO3. The van der Waals surface area contributed by atoms with Gasteiger partial charge in [0, 0.05) is 43.9 Å². The second kappa shape index (κ2) is 6.35. The summed E-state index contributed by atoms with van der Waals surface area (Å²) in [7, 11) is 0. The van der Waals surface area contributed by atoms with Gasteiger partial charge in [-0.25, -0.2) is 8.78 Å². The van der Waals surface area contributed by atoms with E-state index < -0.39 is 5.92 Å². The lowest BCUT2D eigenvalue weighted by molar-refractivity contribution is -0.129. The van der Waals surface area contributed by atoms with Crippen LogP contribution in [-0.2, 0) is 9.53 Å². The number of aliphatic hydroxyl groups is 1. The second-order valence-corrected chi connectivity index (χ2v) is 6.12. The molecule has 1 amide bonds. The first-order valence-electron chi connectivity index (χ1n) is 7.31. The Labute approximate surface area is 117 Å². The fourth-order valence-electron chi connectivity index (χ4n) is 3.03. The van der Waals surface area contributed by atoms with Crippen molar-refractivity contribution in [3.05, 3.63) is 0 Å². The summed E-state index contributed by atoms with van der Waals surface area (Å²) in [5, 5.41) is 12.0. The van der Waals surface area contributed by atoms with Crippen molar-refractivity contribution in [2.45, 2.75) is 44.4 Å². The van der Waals surface area contributed by atoms with Crippen LogP contribution in [0.2, 0.25) is 0 Å². The maximum atomic E-state index is 13.1. The molecule has 1 aliphatic carbocycles. The summed E-state index contributed by atoms with van der Waals surface area (Å²) in [5.41, 5.74) is -0.191. The van der Waals surface area contributed by atoms with Crippen LogP contribution >= 0.6 is 0 Å². The molecule has 2 aliphatic rings. The van der Waals surface area contributed by atoms with Crippen LogP contribution in [0.15, 0.2) is 0 Å². The molecule has 116 valence electrons. The van der Waals surface area contributed by atoms with Crippen molar-refractivity contribution in [1.82, 2.24) is 5.32 Å². The van der Waals surface area contributed by atoms with Crippen molar-refractivity contribution in [3.8, 4) is 0 Å². The number of nitrogens with one attached hydrogen (secondary N) is 1. The van der Waals surface area contributed by atoms with Crippen LogP contribution in [0.5, 0.6) is 0 Å². The highest BCUT2D eigenvalue weighted by Crippen LogP contribution is 2.36. The molecule has 1 unspecified atom stereocenters. The lowest BCUT2D eigenvalue weighted by atomic mass is 9.83. The van der Waals surface area contributed by atoms with E-state index in [2.05, 4.69) is 5.32 Å². The third kappa shape index (κ3) is 3.88. The van der Waals surface area contributed by atoms with Crippen LogP contribution in [0.3, 0.4) is 0 Å². The molecule has 0 aromatic heterocycles. The van der Waals surface area contributed by atoms with Gasteiger partial charge in [0.25, 0.3) is 0 Å². The van der Waals surface area contributed by atoms with Crippen molar-refractivity contribution in [1.29, 1.82) is 0 Å². The Bertz CT molecular complexity index is 333. The Morgan fingerprint density at radius 2 is 2.00 bits per heavy atom. The Kier molecular flexibility index (Phi) is 4.96. The van der Waals surface area contributed by atoms with Crippen LogP contribution in [0.1, 0.15) is 38.5 Å². The Balaban J connectivity index is 1.80. The number of hydrogen-bond donors (Lipinski definition) is 2. The maximum Gasteiger partial charge on any atom is 0.248 e. The molecule has 0 bridgehead atoms. The third-order valence-corrected chi connectivity index (χ3v) is 4.55. The minimum atomic E-state index is -2.60. The van der Waals surface area contributed by atoms with Crippen molar-refractivity contribution in [3.63, 3.8) is 0 Å². The number of alkyl halides is 2. The average Bonchev–Trinajstić information content (AvgIpc) is 2.85. The Hall–Kier alpha value is -0.750. The van der Waals surface area contributed by atoms with Gasteiger partial charge < -0.3 is 15.2 Å². The normalized spacial score (nSPS) is 30.4. The van der Waals surface area contributed by atoms with Crippen LogP contribution in [-0.4, -0.2) is 43.3 Å². The molecule has 1 saturated carbocycles. The summed E-state index contributed by atoms with van der Waals surface area (Å²) in [5.74, 6) is -3.04. The number of halogens is 2. The van der Waals surface area contributed by atoms with E-state index in [1.54, 1.807) is 0 Å². The highest BCUT2D eigenvalue weighted by Gasteiger charge is 2.39. The second-order valence-electron chi connectivity index (χ2n) is 6.12. The monoisotopic (exact) mass is 291 g/mol. The lowest BCUT2D eigenvalue weighted by Gasteiger charge is -2.30. The molecule has 4 nitrogen and oxygen atoms in total. The SMILES string of the molecule is O=C(NCC1(CCO)CCOC1)C1CCC(F)(F)CC1. The van der Waals surface area contributed by atoms with E-state index in [-0.39, 0.29) is 49.5 Å². The highest BCUT2D eigenvalue weighted by molar-refractivity contribution is 5.78. The van der Waals surface area contributed by atoms with E-state index in [1.807, 2.05) is 0 Å². The number of carbonyl (C=O) groups is 1. The van der Waals surface area contributed by atoms with E-state index in [9.17, 15) is 13.6 Å². The fraction of sp³-hybridized carbons (Fsp3) is 0.929. The van der Waals surface area contributed by atoms with Gasteiger partial charge in [0.15, 0.2) is 0 Å². The molecule has 2 rings (SSSR count). The first-order chi connectivity index (χ1) is 9.46. The van der Waals surface area contributed by atoms with Crippen molar-refractivity contribution < 1.29 is 23.4 Å². The molecule has 1 aliphatic heterocycles. The molecule has 2 fully saturated rings. The summed E-state index contributed by atoms with van der Waals surface area (Å²) in [6, 6.07) is 0. The molecule has 0 aromatic rings. The van der Waals surface area contributed by atoms with Gasteiger partial charge in [-0.05, 0) is 25.7 Å². The summed E-state index contributed by atoms with van der Waals surface area (Å²) in [6.45, 7) is 1.70. The largest absolute Gasteiger partial charge is 0.396 e. The van der Waals surface area contributed by atoms with E-state index in [0.717, 1.165) is 6.42 Å². The first-order valence-corrected chi connectivity index (χ1v) is 7.31. The zero-order chi connectivity index (χ0) is 14.6. The standard InChI is InChI=1S/C14H23F2NO3/c15-14(16)3-1-11(2-4-14)12(19)17-9-13(5-7-18)6-8-20-10-13/h11,18H,1-10H2,(H,17,19). The van der Waals surface area contributed by atoms with Crippen molar-refractivity contribution in [2.24, 2.45) is 11.3 Å². The lowest BCUT2D eigenvalue weighted by Crippen LogP contribution is -2.42. The predicted octanol–water partition coefficient (Wildman–Crippen LogP) is 1.72. The van der Waals surface area contributed by atoms with Crippen LogP contribution in [0, 0.1) is 11.3 Å². The molecule has 0 aromatic carbocycles. The summed E-state index contributed by atoms with van der Waals surface area (Å²) in [4.78, 5) is 12.1. The number of aliphatic hydroxyl groups excluding tert-OH is 1. The van der Waals surface area contributed by atoms with E-state index in [4.69, 9.17) is 9.84 Å². The summed E-state index contributed by atoms with van der Waals surface area (Å²) < 4.78 is 31.5. The molecular weight excluding hydrogens is 268 g/mol. The molecule has 1 heterocycles. The zero-order valence-electron chi connectivity index (χ0n) is 11.7. The minimum Gasteiger partial charge on any atom is -0.396 e. The quantitative estimate of drug-likeness (QED) is 0.811. The molecule has 1 atom stereocenters. The molecule has 1 saturated heterocycles. The van der Waals surface area contributed by atoms with Crippen LogP contribution in [0.25, 0.3) is 0 Å². The van der Waals surface area contributed by atoms with Crippen molar-refractivity contribution in [2.75, 3.05) is 26.4 Å². The smallest absolute Gasteiger partial charge is 0.248 e. The van der Waals surface area contributed by atoms with Crippen molar-refractivity contribution >= 4 is 5.91 Å². The fourth-order valence-corrected chi connectivity index (χ4v) is 3.03. The zero-order valence-corrected chi connectivity index (χ0v) is 11.7. The molecule has 6 heteroatoms. The molecule has 20 heavy (non-hydrogen) atoms. The topological polar surface area (TPSA) is 58.6 Å². The van der Waals surface area contributed by atoms with E-state index >= 15 is 0 Å². The van der Waals surface area contributed by atoms with E-state index in [0.29, 0.717) is 26.2 Å². The molecule has 0 spiro atoms.